The summed E-state index contributed by atoms with van der Waals surface area (Å²) in [5, 5.41) is 11.8. The van der Waals surface area contributed by atoms with Crippen LogP contribution >= 0.6 is 11.6 Å². The molecule has 0 bridgehead atoms. The molecular formula is C13H14ClNO4. The van der Waals surface area contributed by atoms with Gasteiger partial charge in [0.15, 0.2) is 0 Å². The molecule has 1 rings (SSSR count). The Bertz CT molecular complexity index is 501. The predicted molar refractivity (Wildman–Crippen MR) is 71.5 cm³/mol. The van der Waals surface area contributed by atoms with Gasteiger partial charge < -0.3 is 15.2 Å². The minimum Gasteiger partial charge on any atom is -0.495 e. The first-order valence-corrected chi connectivity index (χ1v) is 5.84. The highest BCUT2D eigenvalue weighted by molar-refractivity contribution is 6.32. The van der Waals surface area contributed by atoms with E-state index in [1.54, 1.807) is 18.2 Å². The molecule has 0 aliphatic heterocycles. The highest BCUT2D eigenvalue weighted by atomic mass is 35.5. The van der Waals surface area contributed by atoms with Crippen LogP contribution in [0.1, 0.15) is 5.56 Å². The lowest BCUT2D eigenvalue weighted by molar-refractivity contribution is -0.141. The minimum atomic E-state index is -1.12. The largest absolute Gasteiger partial charge is 0.495 e. The van der Waals surface area contributed by atoms with Gasteiger partial charge in [-0.05, 0) is 23.8 Å². The van der Waals surface area contributed by atoms with E-state index in [-0.39, 0.29) is 6.42 Å². The monoisotopic (exact) mass is 283 g/mol. The van der Waals surface area contributed by atoms with Gasteiger partial charge in [0.1, 0.15) is 11.8 Å². The van der Waals surface area contributed by atoms with Crippen molar-refractivity contribution in [2.45, 2.75) is 12.5 Å². The first-order valence-electron chi connectivity index (χ1n) is 5.46. The van der Waals surface area contributed by atoms with Gasteiger partial charge in [-0.25, -0.2) is 4.79 Å². The van der Waals surface area contributed by atoms with E-state index in [2.05, 4.69) is 11.9 Å². The smallest absolute Gasteiger partial charge is 0.326 e. The van der Waals surface area contributed by atoms with Crippen molar-refractivity contribution in [1.82, 2.24) is 5.32 Å². The number of hydrogen-bond acceptors (Lipinski definition) is 3. The van der Waals surface area contributed by atoms with Crippen LogP contribution in [0.25, 0.3) is 0 Å². The van der Waals surface area contributed by atoms with Crippen LogP contribution in [0.3, 0.4) is 0 Å². The highest BCUT2D eigenvalue weighted by Gasteiger charge is 2.19. The maximum absolute atomic E-state index is 11.1. The summed E-state index contributed by atoms with van der Waals surface area (Å²) in [4.78, 5) is 22.2. The summed E-state index contributed by atoms with van der Waals surface area (Å²) in [6.45, 7) is 3.27. The molecule has 0 heterocycles. The molecule has 5 nitrogen and oxygen atoms in total. The van der Waals surface area contributed by atoms with Crippen molar-refractivity contribution in [3.8, 4) is 5.75 Å². The maximum Gasteiger partial charge on any atom is 0.326 e. The highest BCUT2D eigenvalue weighted by Crippen LogP contribution is 2.25. The third-order valence-electron chi connectivity index (χ3n) is 2.46. The second-order valence-electron chi connectivity index (χ2n) is 3.78. The van der Waals surface area contributed by atoms with E-state index in [1.165, 1.54) is 7.11 Å². The van der Waals surface area contributed by atoms with Crippen molar-refractivity contribution in [2.75, 3.05) is 7.11 Å². The van der Waals surface area contributed by atoms with Crippen LogP contribution in [0, 0.1) is 0 Å². The number of halogens is 1. The fourth-order valence-electron chi connectivity index (χ4n) is 1.50. The molecule has 0 aliphatic carbocycles. The number of amides is 1. The SMILES string of the molecule is C=CC(=O)NC(Cc1ccc(OC)c(Cl)c1)C(=O)O. The van der Waals surface area contributed by atoms with Gasteiger partial charge in [-0.3, -0.25) is 4.79 Å². The Hall–Kier alpha value is -2.01. The number of benzene rings is 1. The van der Waals surface area contributed by atoms with Gasteiger partial charge in [-0.1, -0.05) is 24.2 Å². The average molecular weight is 284 g/mol. The lowest BCUT2D eigenvalue weighted by Gasteiger charge is -2.14. The Balaban J connectivity index is 2.84. The molecule has 6 heteroatoms. The molecule has 1 atom stereocenters. The van der Waals surface area contributed by atoms with Crippen molar-refractivity contribution < 1.29 is 19.4 Å². The topological polar surface area (TPSA) is 75.6 Å². The summed E-state index contributed by atoms with van der Waals surface area (Å²) >= 11 is 5.95. The van der Waals surface area contributed by atoms with E-state index < -0.39 is 17.9 Å². The van der Waals surface area contributed by atoms with Crippen LogP contribution in [-0.2, 0) is 16.0 Å². The van der Waals surface area contributed by atoms with Crippen molar-refractivity contribution in [1.29, 1.82) is 0 Å². The average Bonchev–Trinajstić information content (AvgIpc) is 2.37. The molecule has 0 fully saturated rings. The van der Waals surface area contributed by atoms with Gasteiger partial charge in [0, 0.05) is 6.42 Å². The predicted octanol–water partition coefficient (Wildman–Crippen LogP) is 1.65. The Kier molecular flexibility index (Phi) is 5.38. The number of carbonyl (C=O) groups excluding carboxylic acids is 1. The first-order chi connectivity index (χ1) is 8.97. The number of nitrogens with one attached hydrogen (secondary N) is 1. The first kappa shape index (κ1) is 15.0. The Labute approximate surface area is 115 Å². The van der Waals surface area contributed by atoms with Crippen molar-refractivity contribution in [2.24, 2.45) is 0 Å². The van der Waals surface area contributed by atoms with Crippen LogP contribution in [0.15, 0.2) is 30.9 Å². The van der Waals surface area contributed by atoms with Crippen LogP contribution < -0.4 is 10.1 Å². The second kappa shape index (κ2) is 6.80. The number of methoxy groups -OCH3 is 1. The fraction of sp³-hybridized carbons (Fsp3) is 0.231. The van der Waals surface area contributed by atoms with Crippen LogP contribution in [0.2, 0.25) is 5.02 Å². The molecule has 0 aliphatic rings. The lowest BCUT2D eigenvalue weighted by atomic mass is 10.1. The summed E-state index contributed by atoms with van der Waals surface area (Å²) in [7, 11) is 1.49. The molecule has 19 heavy (non-hydrogen) atoms. The molecular weight excluding hydrogens is 270 g/mol. The normalized spacial score (nSPS) is 11.5. The number of carboxylic acids is 1. The zero-order valence-electron chi connectivity index (χ0n) is 10.4. The van der Waals surface area contributed by atoms with Gasteiger partial charge in [0.2, 0.25) is 5.91 Å². The van der Waals surface area contributed by atoms with E-state index >= 15 is 0 Å². The molecule has 2 N–H and O–H groups in total. The summed E-state index contributed by atoms with van der Waals surface area (Å²) in [6, 6.07) is 3.91. The minimum absolute atomic E-state index is 0.124. The fourth-order valence-corrected chi connectivity index (χ4v) is 1.78. The number of ether oxygens (including phenoxy) is 1. The van der Waals surface area contributed by atoms with E-state index in [1.807, 2.05) is 0 Å². The number of hydrogen-bond donors (Lipinski definition) is 2. The zero-order chi connectivity index (χ0) is 14.4. The van der Waals surface area contributed by atoms with Crippen LogP contribution in [0.5, 0.6) is 5.75 Å². The Morgan fingerprint density at radius 1 is 1.58 bits per heavy atom. The Morgan fingerprint density at radius 3 is 2.74 bits per heavy atom. The van der Waals surface area contributed by atoms with Crippen molar-refractivity contribution in [3.63, 3.8) is 0 Å². The van der Waals surface area contributed by atoms with Gasteiger partial charge >= 0.3 is 5.97 Å². The van der Waals surface area contributed by atoms with Crippen LogP contribution in [0.4, 0.5) is 0 Å². The quantitative estimate of drug-likeness (QED) is 0.778. The van der Waals surface area contributed by atoms with E-state index in [4.69, 9.17) is 21.4 Å². The summed E-state index contributed by atoms with van der Waals surface area (Å²) in [6.07, 6.45) is 1.15. The molecule has 0 radical (unpaired) electrons. The molecule has 102 valence electrons. The summed E-state index contributed by atoms with van der Waals surface area (Å²) in [5.74, 6) is -1.15. The van der Waals surface area contributed by atoms with Gasteiger partial charge in [0.05, 0.1) is 12.1 Å². The van der Waals surface area contributed by atoms with Gasteiger partial charge in [0.25, 0.3) is 0 Å². The second-order valence-corrected chi connectivity index (χ2v) is 4.18. The molecule has 1 aromatic carbocycles. The number of rotatable bonds is 6. The number of carbonyl (C=O) groups is 2. The van der Waals surface area contributed by atoms with E-state index in [0.29, 0.717) is 16.3 Å². The number of aliphatic carboxylic acids is 1. The van der Waals surface area contributed by atoms with Gasteiger partial charge in [-0.2, -0.15) is 0 Å². The molecule has 0 aromatic heterocycles. The van der Waals surface area contributed by atoms with E-state index in [0.717, 1.165) is 6.08 Å². The summed E-state index contributed by atoms with van der Waals surface area (Å²) in [5.41, 5.74) is 0.683. The standard InChI is InChI=1S/C13H14ClNO4/c1-3-12(16)15-10(13(17)18)7-8-4-5-11(19-2)9(14)6-8/h3-6,10H,1,7H2,2H3,(H,15,16)(H,17,18). The zero-order valence-corrected chi connectivity index (χ0v) is 11.1. The molecule has 1 aromatic rings. The number of carboxylic acid groups (broad SMARTS) is 1. The van der Waals surface area contributed by atoms with Gasteiger partial charge in [-0.15, -0.1) is 0 Å². The molecule has 0 saturated heterocycles. The van der Waals surface area contributed by atoms with Crippen LogP contribution in [-0.4, -0.2) is 30.1 Å². The molecule has 0 saturated carbocycles. The molecule has 1 unspecified atom stereocenters. The molecule has 0 spiro atoms. The van der Waals surface area contributed by atoms with Crippen molar-refractivity contribution >= 4 is 23.5 Å². The third kappa shape index (κ3) is 4.30. The maximum atomic E-state index is 11.1. The van der Waals surface area contributed by atoms with E-state index in [9.17, 15) is 9.59 Å². The summed E-state index contributed by atoms with van der Waals surface area (Å²) < 4.78 is 5.00. The van der Waals surface area contributed by atoms with Crippen molar-refractivity contribution in [3.05, 3.63) is 41.4 Å². The Morgan fingerprint density at radius 2 is 2.26 bits per heavy atom. The third-order valence-corrected chi connectivity index (χ3v) is 2.75. The lowest BCUT2D eigenvalue weighted by Crippen LogP contribution is -2.41. The molecule has 1 amide bonds.